The Balaban J connectivity index is 1.67. The highest BCUT2D eigenvalue weighted by atomic mass is 19.3. The molecule has 1 amide bonds. The van der Waals surface area contributed by atoms with E-state index in [1.165, 1.54) is 0 Å². The van der Waals surface area contributed by atoms with Gasteiger partial charge in [0.15, 0.2) is 0 Å². The maximum atomic E-state index is 12.7. The van der Waals surface area contributed by atoms with Crippen LogP contribution in [0.25, 0.3) is 0 Å². The van der Waals surface area contributed by atoms with Crippen LogP contribution in [-0.2, 0) is 11.2 Å². The average molecular weight is 416 g/mol. The van der Waals surface area contributed by atoms with Crippen molar-refractivity contribution in [2.24, 2.45) is 5.92 Å². The van der Waals surface area contributed by atoms with Crippen molar-refractivity contribution < 1.29 is 23.1 Å². The Morgan fingerprint density at radius 2 is 1.87 bits per heavy atom. The van der Waals surface area contributed by atoms with E-state index in [4.69, 9.17) is 4.74 Å². The average Bonchev–Trinajstić information content (AvgIpc) is 3.52. The number of Topliss-reactive ketones (excluding diaryl/α,β-unsaturated/α-hetero) is 1. The van der Waals surface area contributed by atoms with Gasteiger partial charge in [0.25, 0.3) is 12.3 Å². The van der Waals surface area contributed by atoms with Crippen LogP contribution in [0.2, 0.25) is 0 Å². The van der Waals surface area contributed by atoms with E-state index >= 15 is 0 Å². The number of aryl methyl sites for hydroxylation is 2. The van der Waals surface area contributed by atoms with E-state index in [0.717, 1.165) is 29.5 Å². The molecule has 0 bridgehead atoms. The molecule has 0 spiro atoms. The maximum Gasteiger partial charge on any atom is 0.272 e. The van der Waals surface area contributed by atoms with E-state index in [2.05, 4.69) is 10.3 Å². The zero-order valence-electron chi connectivity index (χ0n) is 17.4. The van der Waals surface area contributed by atoms with Crippen molar-refractivity contribution in [2.75, 3.05) is 6.61 Å². The molecular formula is C23H26F2N2O3. The molecule has 5 nitrogen and oxygen atoms in total. The summed E-state index contributed by atoms with van der Waals surface area (Å²) in [6.45, 7) is 4.78. The highest BCUT2D eigenvalue weighted by Gasteiger charge is 2.29. The van der Waals surface area contributed by atoms with E-state index in [-0.39, 0.29) is 30.1 Å². The van der Waals surface area contributed by atoms with Gasteiger partial charge < -0.3 is 10.1 Å². The van der Waals surface area contributed by atoms with Crippen molar-refractivity contribution in [3.63, 3.8) is 0 Å². The van der Waals surface area contributed by atoms with Gasteiger partial charge in [-0.05, 0) is 62.4 Å². The van der Waals surface area contributed by atoms with Gasteiger partial charge in [0, 0.05) is 29.8 Å². The predicted molar refractivity (Wildman–Crippen MR) is 109 cm³/mol. The molecule has 1 aromatic carbocycles. The van der Waals surface area contributed by atoms with Gasteiger partial charge in [-0.1, -0.05) is 12.1 Å². The van der Waals surface area contributed by atoms with E-state index in [1.807, 2.05) is 19.1 Å². The highest BCUT2D eigenvalue weighted by molar-refractivity contribution is 5.94. The first-order chi connectivity index (χ1) is 14.2. The van der Waals surface area contributed by atoms with E-state index in [9.17, 15) is 18.4 Å². The Morgan fingerprint density at radius 3 is 2.47 bits per heavy atom. The van der Waals surface area contributed by atoms with Crippen molar-refractivity contribution in [3.8, 4) is 5.75 Å². The summed E-state index contributed by atoms with van der Waals surface area (Å²) in [6.07, 6.45) is 1.15. The molecule has 1 aliphatic rings. The SMILES string of the molecule is Cc1cc(C(C)NC(=O)c2ccnc(CC(=O)C3CC3)c2)cc(C)c1OCC(F)F. The minimum atomic E-state index is -2.54. The molecule has 1 aromatic heterocycles. The van der Waals surface area contributed by atoms with Gasteiger partial charge >= 0.3 is 0 Å². The molecule has 3 rings (SSSR count). The van der Waals surface area contributed by atoms with Crippen molar-refractivity contribution in [1.29, 1.82) is 0 Å². The summed E-state index contributed by atoms with van der Waals surface area (Å²) in [5.74, 6) is 0.506. The molecule has 1 unspecified atom stereocenters. The number of ketones is 1. The lowest BCUT2D eigenvalue weighted by Gasteiger charge is -2.19. The zero-order valence-corrected chi connectivity index (χ0v) is 17.4. The molecule has 160 valence electrons. The topological polar surface area (TPSA) is 68.3 Å². The molecule has 1 N–H and O–H groups in total. The van der Waals surface area contributed by atoms with Crippen LogP contribution >= 0.6 is 0 Å². The number of rotatable bonds is 9. The second-order valence-corrected chi connectivity index (χ2v) is 7.83. The number of nitrogens with one attached hydrogen (secondary N) is 1. The van der Waals surface area contributed by atoms with Crippen LogP contribution in [0.15, 0.2) is 30.5 Å². The minimum Gasteiger partial charge on any atom is -0.487 e. The zero-order chi connectivity index (χ0) is 21.8. The lowest BCUT2D eigenvalue weighted by atomic mass is 10.0. The predicted octanol–water partition coefficient (Wildman–Crippen LogP) is 4.35. The van der Waals surface area contributed by atoms with Crippen molar-refractivity contribution in [2.45, 2.75) is 52.5 Å². The smallest absolute Gasteiger partial charge is 0.272 e. The molecule has 1 aliphatic carbocycles. The summed E-state index contributed by atoms with van der Waals surface area (Å²) < 4.78 is 30.1. The molecule has 1 fully saturated rings. The van der Waals surface area contributed by atoms with Crippen LogP contribution in [0, 0.1) is 19.8 Å². The van der Waals surface area contributed by atoms with Crippen LogP contribution in [0.5, 0.6) is 5.75 Å². The van der Waals surface area contributed by atoms with Crippen LogP contribution in [-0.4, -0.2) is 29.7 Å². The number of ether oxygens (including phenoxy) is 1. The molecule has 7 heteroatoms. The van der Waals surface area contributed by atoms with Crippen LogP contribution in [0.1, 0.15) is 58.5 Å². The number of pyridine rings is 1. The lowest BCUT2D eigenvalue weighted by Crippen LogP contribution is -2.27. The number of nitrogens with zero attached hydrogens (tertiary/aromatic N) is 1. The molecule has 1 saturated carbocycles. The summed E-state index contributed by atoms with van der Waals surface area (Å²) in [5.41, 5.74) is 3.36. The fraction of sp³-hybridized carbons (Fsp3) is 0.435. The quantitative estimate of drug-likeness (QED) is 0.660. The van der Waals surface area contributed by atoms with Gasteiger partial charge in [0.05, 0.1) is 6.04 Å². The van der Waals surface area contributed by atoms with Crippen LogP contribution < -0.4 is 10.1 Å². The number of carbonyl (C=O) groups is 2. The number of alkyl halides is 2. The Labute approximate surface area is 174 Å². The van der Waals surface area contributed by atoms with Gasteiger partial charge in [-0.2, -0.15) is 0 Å². The number of amides is 1. The van der Waals surface area contributed by atoms with Crippen molar-refractivity contribution in [3.05, 3.63) is 58.4 Å². The van der Waals surface area contributed by atoms with E-state index < -0.39 is 13.0 Å². The highest BCUT2D eigenvalue weighted by Crippen LogP contribution is 2.31. The standard InChI is InChI=1S/C23H26F2N2O3/c1-13-8-18(9-14(2)22(13)30-12-21(24)25)15(3)27-23(29)17-6-7-26-19(10-17)11-20(28)16-4-5-16/h6-10,15-16,21H,4-5,11-12H2,1-3H3,(H,27,29). The van der Waals surface area contributed by atoms with Crippen molar-refractivity contribution in [1.82, 2.24) is 10.3 Å². The first-order valence-electron chi connectivity index (χ1n) is 10.0. The first-order valence-corrected chi connectivity index (χ1v) is 10.0. The summed E-state index contributed by atoms with van der Waals surface area (Å²) in [4.78, 5) is 28.9. The normalized spacial score (nSPS) is 14.5. The summed E-state index contributed by atoms with van der Waals surface area (Å²) in [5, 5.41) is 2.94. The van der Waals surface area contributed by atoms with Crippen LogP contribution in [0.4, 0.5) is 8.78 Å². The summed E-state index contributed by atoms with van der Waals surface area (Å²) in [7, 11) is 0. The van der Waals surface area contributed by atoms with E-state index in [0.29, 0.717) is 17.0 Å². The molecule has 1 atom stereocenters. The number of halogens is 2. The third-order valence-electron chi connectivity index (χ3n) is 5.15. The molecule has 0 aliphatic heterocycles. The Bertz CT molecular complexity index is 919. The number of carbonyl (C=O) groups excluding carboxylic acids is 2. The van der Waals surface area contributed by atoms with Crippen molar-refractivity contribution >= 4 is 11.7 Å². The maximum absolute atomic E-state index is 12.7. The fourth-order valence-corrected chi connectivity index (χ4v) is 3.42. The Morgan fingerprint density at radius 1 is 1.20 bits per heavy atom. The van der Waals surface area contributed by atoms with Gasteiger partial charge in [-0.15, -0.1) is 0 Å². The summed E-state index contributed by atoms with van der Waals surface area (Å²) in [6, 6.07) is 6.62. The van der Waals surface area contributed by atoms with Gasteiger partial charge in [0.1, 0.15) is 18.1 Å². The number of benzene rings is 1. The lowest BCUT2D eigenvalue weighted by molar-refractivity contribution is -0.119. The third-order valence-corrected chi connectivity index (χ3v) is 5.15. The Hall–Kier alpha value is -2.83. The number of hydrogen-bond donors (Lipinski definition) is 1. The second kappa shape index (κ2) is 9.32. The fourth-order valence-electron chi connectivity index (χ4n) is 3.42. The second-order valence-electron chi connectivity index (χ2n) is 7.83. The Kier molecular flexibility index (Phi) is 6.80. The van der Waals surface area contributed by atoms with Gasteiger partial charge in [-0.25, -0.2) is 8.78 Å². The third kappa shape index (κ3) is 5.62. The van der Waals surface area contributed by atoms with E-state index in [1.54, 1.807) is 32.2 Å². The molecule has 30 heavy (non-hydrogen) atoms. The molecule has 2 aromatic rings. The molecule has 1 heterocycles. The number of aromatic nitrogens is 1. The largest absolute Gasteiger partial charge is 0.487 e. The first kappa shape index (κ1) is 21.9. The monoisotopic (exact) mass is 416 g/mol. The van der Waals surface area contributed by atoms with Gasteiger partial charge in [-0.3, -0.25) is 14.6 Å². The molecule has 0 saturated heterocycles. The summed E-state index contributed by atoms with van der Waals surface area (Å²) >= 11 is 0. The number of hydrogen-bond acceptors (Lipinski definition) is 4. The van der Waals surface area contributed by atoms with Crippen LogP contribution in [0.3, 0.4) is 0 Å². The minimum absolute atomic E-state index is 0.156. The molecular weight excluding hydrogens is 390 g/mol. The van der Waals surface area contributed by atoms with Gasteiger partial charge in [0.2, 0.25) is 0 Å². The molecule has 0 radical (unpaired) electrons.